The lowest BCUT2D eigenvalue weighted by Gasteiger charge is -2.13. The monoisotopic (exact) mass is 610 g/mol. The van der Waals surface area contributed by atoms with Crippen molar-refractivity contribution < 1.29 is 0 Å². The molecule has 0 aliphatic carbocycles. The predicted molar refractivity (Wildman–Crippen MR) is 200 cm³/mol. The summed E-state index contributed by atoms with van der Waals surface area (Å²) < 4.78 is 4.77. The lowest BCUT2D eigenvalue weighted by atomic mass is 9.95. The Kier molecular flexibility index (Phi) is 5.08. The van der Waals surface area contributed by atoms with Crippen LogP contribution in [0.3, 0.4) is 0 Å². The molecule has 0 saturated heterocycles. The van der Waals surface area contributed by atoms with E-state index in [1.165, 1.54) is 54.1 Å². The molecule has 11 rings (SSSR count). The van der Waals surface area contributed by atoms with Gasteiger partial charge < -0.3 is 4.57 Å². The summed E-state index contributed by atoms with van der Waals surface area (Å²) in [6.45, 7) is 0. The predicted octanol–water partition coefficient (Wildman–Crippen LogP) is 11.2. The fourth-order valence-corrected chi connectivity index (χ4v) is 8.13. The molecule has 0 radical (unpaired) electrons. The first-order valence-corrected chi connectivity index (χ1v) is 16.4. The largest absolute Gasteiger partial charge is 0.309 e. The quantitative estimate of drug-likeness (QED) is 0.199. The van der Waals surface area contributed by atoms with E-state index < -0.39 is 0 Å². The first kappa shape index (κ1) is 25.6. The summed E-state index contributed by atoms with van der Waals surface area (Å²) in [6.07, 6.45) is 0. The molecule has 4 heteroatoms. The van der Waals surface area contributed by atoms with Crippen LogP contribution in [0.15, 0.2) is 158 Å². The van der Waals surface area contributed by atoms with Gasteiger partial charge in [0.05, 0.1) is 33.1 Å². The number of rotatable bonds is 3. The van der Waals surface area contributed by atoms with Crippen molar-refractivity contribution in [2.45, 2.75) is 0 Å². The van der Waals surface area contributed by atoms with Gasteiger partial charge >= 0.3 is 0 Å². The van der Waals surface area contributed by atoms with Gasteiger partial charge in [-0.15, -0.1) is 0 Å². The van der Waals surface area contributed by atoms with Crippen LogP contribution in [0.25, 0.3) is 99.0 Å². The van der Waals surface area contributed by atoms with Gasteiger partial charge in [-0.1, -0.05) is 109 Å². The van der Waals surface area contributed by atoms with Crippen molar-refractivity contribution in [1.82, 2.24) is 19.1 Å². The van der Waals surface area contributed by atoms with E-state index in [0.29, 0.717) is 0 Å². The van der Waals surface area contributed by atoms with Crippen LogP contribution in [0.4, 0.5) is 0 Å². The van der Waals surface area contributed by atoms with Gasteiger partial charge in [-0.25, -0.2) is 9.97 Å². The molecule has 0 bridgehead atoms. The molecule has 0 aliphatic heterocycles. The number of para-hydroxylation sites is 3. The Morgan fingerprint density at radius 2 is 0.750 bits per heavy atom. The molecule has 0 unspecified atom stereocenters. The maximum Gasteiger partial charge on any atom is 0.165 e. The lowest BCUT2D eigenvalue weighted by Crippen LogP contribution is -2.03. The second-order valence-corrected chi connectivity index (χ2v) is 12.6. The van der Waals surface area contributed by atoms with E-state index in [9.17, 15) is 0 Å². The van der Waals surface area contributed by atoms with E-state index in [4.69, 9.17) is 9.97 Å². The molecule has 0 N–H and O–H groups in total. The van der Waals surface area contributed by atoms with Crippen LogP contribution in [0.5, 0.6) is 0 Å². The molecule has 0 spiro atoms. The van der Waals surface area contributed by atoms with E-state index >= 15 is 0 Å². The van der Waals surface area contributed by atoms with Crippen molar-refractivity contribution in [3.8, 4) is 22.8 Å². The van der Waals surface area contributed by atoms with Crippen LogP contribution in [0.1, 0.15) is 0 Å². The van der Waals surface area contributed by atoms with E-state index in [1.807, 2.05) is 24.3 Å². The van der Waals surface area contributed by atoms with Gasteiger partial charge in [0, 0.05) is 32.8 Å². The Morgan fingerprint density at radius 3 is 1.25 bits per heavy atom. The molecule has 4 nitrogen and oxygen atoms in total. The number of hydrogen-bond acceptors (Lipinski definition) is 2. The Morgan fingerprint density at radius 1 is 0.333 bits per heavy atom. The standard InChI is InChI=1S/C44H26N4/c1-3-13-27(14-4-1)43-44(46-34-22-8-7-21-33(34)45-43)48-37-25-11-19-31-29-17-9-23-35-39(29)40-30(32-20-12-26-38(48)42(32)41(31)37)18-10-24-36(40)47(35)28-15-5-2-6-16-28/h1-26H. The molecule has 0 saturated carbocycles. The topological polar surface area (TPSA) is 35.6 Å². The minimum Gasteiger partial charge on any atom is -0.309 e. The first-order valence-electron chi connectivity index (χ1n) is 16.4. The summed E-state index contributed by atoms with van der Waals surface area (Å²) >= 11 is 0. The Labute approximate surface area is 275 Å². The number of hydrogen-bond donors (Lipinski definition) is 0. The summed E-state index contributed by atoms with van der Waals surface area (Å²) in [7, 11) is 0. The summed E-state index contributed by atoms with van der Waals surface area (Å²) in [5.74, 6) is 0.832. The van der Waals surface area contributed by atoms with E-state index in [2.05, 4.69) is 143 Å². The van der Waals surface area contributed by atoms with Crippen LogP contribution < -0.4 is 0 Å². The summed E-state index contributed by atoms with van der Waals surface area (Å²) in [6, 6.07) is 56.3. The van der Waals surface area contributed by atoms with Gasteiger partial charge in [0.15, 0.2) is 5.82 Å². The highest BCUT2D eigenvalue weighted by Crippen LogP contribution is 2.47. The molecule has 0 amide bonds. The van der Waals surface area contributed by atoms with Crippen molar-refractivity contribution in [3.05, 3.63) is 158 Å². The van der Waals surface area contributed by atoms with Crippen molar-refractivity contribution in [2.75, 3.05) is 0 Å². The molecular formula is C44H26N4. The van der Waals surface area contributed by atoms with Crippen LogP contribution in [0.2, 0.25) is 0 Å². The SMILES string of the molecule is c1ccc(-c2nc3ccccc3nc2-n2c3cccc4c5cccc6c5c5c(cccc5n6-c5ccccc5)c5cccc2c5c43)cc1. The lowest BCUT2D eigenvalue weighted by molar-refractivity contribution is 1.08. The van der Waals surface area contributed by atoms with Crippen LogP contribution in [-0.4, -0.2) is 19.1 Å². The third-order valence-electron chi connectivity index (χ3n) is 10.0. The van der Waals surface area contributed by atoms with Gasteiger partial charge in [-0.05, 0) is 70.1 Å². The third kappa shape index (κ3) is 3.33. The number of benzene rings is 7. The third-order valence-corrected chi connectivity index (χ3v) is 10.0. The van der Waals surface area contributed by atoms with E-state index in [1.54, 1.807) is 0 Å². The highest BCUT2D eigenvalue weighted by Gasteiger charge is 2.24. The maximum atomic E-state index is 5.37. The van der Waals surface area contributed by atoms with Crippen molar-refractivity contribution in [1.29, 1.82) is 0 Å². The Hall–Kier alpha value is -6.52. The average Bonchev–Trinajstić information content (AvgIpc) is 3.68. The Balaban J connectivity index is 1.39. The summed E-state index contributed by atoms with van der Waals surface area (Å²) in [4.78, 5) is 10.6. The van der Waals surface area contributed by atoms with Gasteiger partial charge in [-0.2, -0.15) is 0 Å². The van der Waals surface area contributed by atoms with Gasteiger partial charge in [-0.3, -0.25) is 4.57 Å². The second kappa shape index (κ2) is 9.50. The van der Waals surface area contributed by atoms with Crippen LogP contribution in [0, 0.1) is 0 Å². The fourth-order valence-electron chi connectivity index (χ4n) is 8.13. The molecule has 11 aromatic rings. The fraction of sp³-hybridized carbons (Fsp3) is 0. The molecule has 48 heavy (non-hydrogen) atoms. The summed E-state index contributed by atoms with van der Waals surface area (Å²) in [5, 5.41) is 9.98. The molecule has 8 aromatic carbocycles. The summed E-state index contributed by atoms with van der Waals surface area (Å²) in [5.41, 5.74) is 9.48. The molecule has 222 valence electrons. The first-order chi connectivity index (χ1) is 23.8. The highest BCUT2D eigenvalue weighted by atomic mass is 15.1. The second-order valence-electron chi connectivity index (χ2n) is 12.6. The van der Waals surface area contributed by atoms with Crippen LogP contribution >= 0.6 is 0 Å². The van der Waals surface area contributed by atoms with E-state index in [0.717, 1.165) is 44.8 Å². The number of fused-ring (bicyclic) bond motifs is 3. The van der Waals surface area contributed by atoms with Crippen molar-refractivity contribution >= 4 is 76.2 Å². The van der Waals surface area contributed by atoms with Gasteiger partial charge in [0.1, 0.15) is 5.69 Å². The zero-order valence-electron chi connectivity index (χ0n) is 25.8. The van der Waals surface area contributed by atoms with E-state index in [-0.39, 0.29) is 0 Å². The molecule has 0 atom stereocenters. The van der Waals surface area contributed by atoms with Crippen LogP contribution in [-0.2, 0) is 0 Å². The minimum atomic E-state index is 0.832. The molecule has 3 aromatic heterocycles. The van der Waals surface area contributed by atoms with Gasteiger partial charge in [0.2, 0.25) is 0 Å². The number of aromatic nitrogens is 4. The van der Waals surface area contributed by atoms with Crippen molar-refractivity contribution in [3.63, 3.8) is 0 Å². The molecule has 0 fully saturated rings. The Bertz CT molecular complexity index is 2920. The zero-order chi connectivity index (χ0) is 31.3. The molecule has 0 aliphatic rings. The minimum absolute atomic E-state index is 0.832. The highest BCUT2D eigenvalue weighted by molar-refractivity contribution is 6.37. The zero-order valence-corrected chi connectivity index (χ0v) is 25.8. The smallest absolute Gasteiger partial charge is 0.165 e. The van der Waals surface area contributed by atoms with Gasteiger partial charge in [0.25, 0.3) is 0 Å². The van der Waals surface area contributed by atoms with Crippen molar-refractivity contribution in [2.24, 2.45) is 0 Å². The maximum absolute atomic E-state index is 5.37. The number of nitrogens with zero attached hydrogens (tertiary/aromatic N) is 4. The molecule has 3 heterocycles. The molecular weight excluding hydrogens is 585 g/mol. The normalized spacial score (nSPS) is 12.2. The average molecular weight is 611 g/mol.